The van der Waals surface area contributed by atoms with Gasteiger partial charge in [-0.2, -0.15) is 27.6 Å². The summed E-state index contributed by atoms with van der Waals surface area (Å²) in [5.74, 6) is 0. The second-order valence-electron chi connectivity index (χ2n) is 5.79. The molecule has 0 saturated carbocycles. The van der Waals surface area contributed by atoms with Crippen molar-refractivity contribution in [3.63, 3.8) is 0 Å². The number of para-hydroxylation sites is 1. The van der Waals surface area contributed by atoms with Crippen LogP contribution in [0.4, 0.5) is 0 Å². The third kappa shape index (κ3) is 5.80. The molecule has 0 aliphatic rings. The summed E-state index contributed by atoms with van der Waals surface area (Å²) in [6.45, 7) is 6.72. The van der Waals surface area contributed by atoms with Crippen LogP contribution in [-0.4, -0.2) is 13.8 Å². The van der Waals surface area contributed by atoms with E-state index in [9.17, 15) is 0 Å². The van der Waals surface area contributed by atoms with Crippen molar-refractivity contribution in [3.8, 4) is 0 Å². The maximum absolute atomic E-state index is 3.06. The average molecular weight is 421 g/mol. The zero-order valence-corrected chi connectivity index (χ0v) is 18.6. The number of H-pyrrole nitrogens is 1. The van der Waals surface area contributed by atoms with Gasteiger partial charge in [-0.25, -0.2) is 0 Å². The molecule has 1 heterocycles. The van der Waals surface area contributed by atoms with Crippen LogP contribution in [0.1, 0.15) is 5.56 Å². The standard InChI is InChI=1S/C11H12Si.C9H8N.2ClH.Ti/c1-12(2)11-7-9-5-3-4-6-10(9)8-11;1-7-6-10-9-5-3-2-4-8(7)9;;;/h3-8H,1-2H3;2-5,10H,1H3;2*1H;/q2*-1;;;+4/p-2. The third-order valence-corrected chi connectivity index (χ3v) is 5.35. The van der Waals surface area contributed by atoms with Crippen LogP contribution < -0.4 is 30.0 Å². The van der Waals surface area contributed by atoms with E-state index < -0.39 is 0 Å². The second-order valence-corrected chi connectivity index (χ2v) is 8.37. The molecule has 0 fully saturated rings. The first-order valence-corrected chi connectivity index (χ1v) is 10.1. The first-order chi connectivity index (χ1) is 10.6. The number of aromatic nitrogens is 1. The maximum Gasteiger partial charge on any atom is 4.00 e. The Bertz CT molecular complexity index is 866. The molecule has 1 nitrogen and oxygen atoms in total. The fourth-order valence-electron chi connectivity index (χ4n) is 2.59. The molecule has 1 radical (unpaired) electrons. The number of benzene rings is 2. The fourth-order valence-corrected chi connectivity index (χ4v) is 3.48. The molecule has 0 aliphatic heterocycles. The summed E-state index contributed by atoms with van der Waals surface area (Å²) in [6, 6.07) is 21.4. The normalized spacial score (nSPS) is 9.60. The van der Waals surface area contributed by atoms with Gasteiger partial charge in [-0.15, -0.1) is 53.5 Å². The van der Waals surface area contributed by atoms with Gasteiger partial charge in [0.25, 0.3) is 0 Å². The van der Waals surface area contributed by atoms with Crippen molar-refractivity contribution in [2.75, 3.05) is 0 Å². The Morgan fingerprint density at radius 3 is 2.24 bits per heavy atom. The van der Waals surface area contributed by atoms with Gasteiger partial charge in [0.15, 0.2) is 0 Å². The Hall–Kier alpha value is -0.899. The molecule has 0 spiro atoms. The zero-order valence-electron chi connectivity index (χ0n) is 14.5. The van der Waals surface area contributed by atoms with Crippen LogP contribution in [-0.2, 0) is 21.7 Å². The Morgan fingerprint density at radius 1 is 0.960 bits per heavy atom. The Balaban J connectivity index is 0.000000416. The van der Waals surface area contributed by atoms with Crippen LogP contribution >= 0.6 is 0 Å². The van der Waals surface area contributed by atoms with Gasteiger partial charge in [0.05, 0.1) is 8.80 Å². The number of fused-ring (bicyclic) bond motifs is 2. The minimum Gasteiger partial charge on any atom is -1.00 e. The molecular formula is C20H20Cl2NSiTi. The van der Waals surface area contributed by atoms with Crippen molar-refractivity contribution in [1.82, 2.24) is 4.98 Å². The number of hydrogen-bond donors (Lipinski definition) is 1. The molecular weight excluding hydrogens is 401 g/mol. The molecule has 3 aromatic carbocycles. The quantitative estimate of drug-likeness (QED) is 0.294. The zero-order chi connectivity index (χ0) is 15.5. The van der Waals surface area contributed by atoms with Gasteiger partial charge in [-0.05, 0) is 0 Å². The molecule has 0 aliphatic carbocycles. The minimum atomic E-state index is -0.273. The SMILES string of the molecule is C[Si](C)c1cc2ccccc2[cH-]1.Cc1[c-][nH]c2ccccc12.[Cl-].[Cl-].[Ti+4]. The molecule has 0 atom stereocenters. The molecule has 4 aromatic rings. The number of aryl methyl sites for hydroxylation is 1. The van der Waals surface area contributed by atoms with E-state index in [1.807, 2.05) is 12.1 Å². The Kier molecular flexibility index (Phi) is 10.6. The summed E-state index contributed by atoms with van der Waals surface area (Å²) in [6.07, 6.45) is 3.05. The molecule has 5 heteroatoms. The second kappa shape index (κ2) is 11.0. The van der Waals surface area contributed by atoms with Crippen molar-refractivity contribution in [2.24, 2.45) is 0 Å². The largest absolute Gasteiger partial charge is 4.00 e. The molecule has 1 aromatic heterocycles. The number of halogens is 2. The van der Waals surface area contributed by atoms with Crippen molar-refractivity contribution in [2.45, 2.75) is 20.0 Å². The Morgan fingerprint density at radius 2 is 1.60 bits per heavy atom. The molecule has 25 heavy (non-hydrogen) atoms. The van der Waals surface area contributed by atoms with Crippen molar-refractivity contribution in [3.05, 3.63) is 72.4 Å². The molecule has 0 amide bonds. The summed E-state index contributed by atoms with van der Waals surface area (Å²) in [5, 5.41) is 5.58. The van der Waals surface area contributed by atoms with Crippen LogP contribution in [0.2, 0.25) is 13.1 Å². The van der Waals surface area contributed by atoms with Gasteiger partial charge in [-0.3, -0.25) is 0 Å². The molecule has 0 unspecified atom stereocenters. The van der Waals surface area contributed by atoms with E-state index in [1.165, 1.54) is 27.2 Å². The van der Waals surface area contributed by atoms with Crippen molar-refractivity contribution >= 4 is 35.7 Å². The molecule has 0 bridgehead atoms. The van der Waals surface area contributed by atoms with E-state index in [4.69, 9.17) is 0 Å². The van der Waals surface area contributed by atoms with Crippen LogP contribution in [0.15, 0.2) is 60.7 Å². The number of aromatic amines is 1. The third-order valence-electron chi connectivity index (χ3n) is 3.91. The maximum atomic E-state index is 3.06. The Labute approximate surface area is 178 Å². The van der Waals surface area contributed by atoms with Gasteiger partial charge in [-0.1, -0.05) is 38.2 Å². The summed E-state index contributed by atoms with van der Waals surface area (Å²) in [5.41, 5.74) is 2.36. The average Bonchev–Trinajstić information content (AvgIpc) is 3.12. The summed E-state index contributed by atoms with van der Waals surface area (Å²) in [4.78, 5) is 3.06. The first kappa shape index (κ1) is 24.1. The van der Waals surface area contributed by atoms with Crippen LogP contribution in [0, 0.1) is 13.1 Å². The summed E-state index contributed by atoms with van der Waals surface area (Å²) >= 11 is 0. The molecule has 4 rings (SSSR count). The number of hydrogen-bond acceptors (Lipinski definition) is 0. The fraction of sp³-hybridized carbons (Fsp3) is 0.150. The van der Waals surface area contributed by atoms with Gasteiger partial charge in [0.1, 0.15) is 0 Å². The van der Waals surface area contributed by atoms with E-state index in [0.717, 1.165) is 0 Å². The van der Waals surface area contributed by atoms with E-state index >= 15 is 0 Å². The van der Waals surface area contributed by atoms with Gasteiger partial charge in [0.2, 0.25) is 0 Å². The summed E-state index contributed by atoms with van der Waals surface area (Å²) < 4.78 is 0. The first-order valence-electron chi connectivity index (χ1n) is 7.56. The van der Waals surface area contributed by atoms with Crippen LogP contribution in [0.25, 0.3) is 21.7 Å². The number of nitrogens with one attached hydrogen (secondary N) is 1. The van der Waals surface area contributed by atoms with Crippen molar-refractivity contribution < 1.29 is 46.5 Å². The van der Waals surface area contributed by atoms with E-state index in [-0.39, 0.29) is 55.3 Å². The van der Waals surface area contributed by atoms with Gasteiger partial charge in [0, 0.05) is 0 Å². The topological polar surface area (TPSA) is 15.8 Å². The smallest absolute Gasteiger partial charge is 1.00 e. The number of rotatable bonds is 1. The van der Waals surface area contributed by atoms with Crippen LogP contribution in [0.3, 0.4) is 0 Å². The van der Waals surface area contributed by atoms with Crippen LogP contribution in [0.5, 0.6) is 0 Å². The summed E-state index contributed by atoms with van der Waals surface area (Å²) in [7, 11) is -0.273. The van der Waals surface area contributed by atoms with Crippen molar-refractivity contribution in [1.29, 1.82) is 0 Å². The van der Waals surface area contributed by atoms with E-state index in [1.54, 1.807) is 5.19 Å². The molecule has 1 N–H and O–H groups in total. The predicted molar refractivity (Wildman–Crippen MR) is 98.5 cm³/mol. The monoisotopic (exact) mass is 420 g/mol. The van der Waals surface area contributed by atoms with E-state index in [2.05, 4.69) is 79.7 Å². The minimum absolute atomic E-state index is 0. The van der Waals surface area contributed by atoms with Gasteiger partial charge < -0.3 is 29.8 Å². The predicted octanol–water partition coefficient (Wildman–Crippen LogP) is -1.20. The molecule has 0 saturated heterocycles. The molecule has 127 valence electrons. The van der Waals surface area contributed by atoms with E-state index in [0.29, 0.717) is 0 Å². The van der Waals surface area contributed by atoms with Gasteiger partial charge >= 0.3 is 21.7 Å².